The van der Waals surface area contributed by atoms with Crippen molar-refractivity contribution < 1.29 is 4.74 Å². The highest BCUT2D eigenvalue weighted by Crippen LogP contribution is 2.30. The molecule has 0 amide bonds. The molecule has 1 aromatic carbocycles. The van der Waals surface area contributed by atoms with Crippen LogP contribution in [0.25, 0.3) is 22.6 Å². The average molecular weight is 295 g/mol. The predicted molar refractivity (Wildman–Crippen MR) is 86.8 cm³/mol. The molecule has 0 atom stereocenters. The average Bonchev–Trinajstić information content (AvgIpc) is 2.98. The van der Waals surface area contributed by atoms with Crippen molar-refractivity contribution >= 4 is 22.7 Å². The van der Waals surface area contributed by atoms with Crippen molar-refractivity contribution in [2.45, 2.75) is 0 Å². The first-order valence-electron chi connectivity index (χ1n) is 7.35. The van der Waals surface area contributed by atoms with Crippen molar-refractivity contribution in [1.82, 2.24) is 15.0 Å². The SMILES string of the molecule is Nc1ccc2[nH]c(-c3ccccc3N3CCOCC3)nc2n1. The van der Waals surface area contributed by atoms with Crippen LogP contribution in [0.5, 0.6) is 0 Å². The van der Waals surface area contributed by atoms with E-state index in [2.05, 4.69) is 32.0 Å². The fourth-order valence-corrected chi connectivity index (χ4v) is 2.79. The maximum Gasteiger partial charge on any atom is 0.180 e. The van der Waals surface area contributed by atoms with Gasteiger partial charge in [0.15, 0.2) is 5.65 Å². The van der Waals surface area contributed by atoms with Gasteiger partial charge in [-0.2, -0.15) is 0 Å². The number of morpholine rings is 1. The lowest BCUT2D eigenvalue weighted by molar-refractivity contribution is 0.123. The highest BCUT2D eigenvalue weighted by molar-refractivity contribution is 5.82. The number of hydrogen-bond acceptors (Lipinski definition) is 5. The van der Waals surface area contributed by atoms with Crippen LogP contribution in [0, 0.1) is 0 Å². The number of nitrogen functional groups attached to an aromatic ring is 1. The number of rotatable bonds is 2. The van der Waals surface area contributed by atoms with Gasteiger partial charge in [-0.15, -0.1) is 0 Å². The molecule has 22 heavy (non-hydrogen) atoms. The van der Waals surface area contributed by atoms with Gasteiger partial charge >= 0.3 is 0 Å². The Balaban J connectivity index is 1.80. The van der Waals surface area contributed by atoms with Gasteiger partial charge in [0.25, 0.3) is 0 Å². The van der Waals surface area contributed by atoms with Crippen LogP contribution in [-0.4, -0.2) is 41.3 Å². The van der Waals surface area contributed by atoms with Gasteiger partial charge in [-0.05, 0) is 24.3 Å². The Bertz CT molecular complexity index is 807. The molecule has 1 aliphatic rings. The van der Waals surface area contributed by atoms with Crippen molar-refractivity contribution in [1.29, 1.82) is 0 Å². The number of aromatic amines is 1. The van der Waals surface area contributed by atoms with E-state index in [1.54, 1.807) is 6.07 Å². The number of H-pyrrole nitrogens is 1. The molecule has 0 bridgehead atoms. The summed E-state index contributed by atoms with van der Waals surface area (Å²) in [5.74, 6) is 1.29. The summed E-state index contributed by atoms with van der Waals surface area (Å²) in [6.45, 7) is 3.30. The molecule has 1 fully saturated rings. The second-order valence-electron chi connectivity index (χ2n) is 5.31. The maximum atomic E-state index is 5.73. The number of ether oxygens (including phenoxy) is 1. The molecule has 3 heterocycles. The van der Waals surface area contributed by atoms with Crippen LogP contribution < -0.4 is 10.6 Å². The number of para-hydroxylation sites is 1. The zero-order chi connectivity index (χ0) is 14.9. The molecule has 1 aliphatic heterocycles. The van der Waals surface area contributed by atoms with E-state index < -0.39 is 0 Å². The number of nitrogens with one attached hydrogen (secondary N) is 1. The summed E-state index contributed by atoms with van der Waals surface area (Å²) in [7, 11) is 0. The predicted octanol–water partition coefficient (Wildman–Crippen LogP) is 2.04. The van der Waals surface area contributed by atoms with E-state index in [0.717, 1.165) is 48.9 Å². The minimum Gasteiger partial charge on any atom is -0.384 e. The van der Waals surface area contributed by atoms with E-state index in [-0.39, 0.29) is 0 Å². The number of pyridine rings is 1. The van der Waals surface area contributed by atoms with Gasteiger partial charge in [0.2, 0.25) is 0 Å². The lowest BCUT2D eigenvalue weighted by Gasteiger charge is -2.30. The number of imidazole rings is 1. The van der Waals surface area contributed by atoms with Gasteiger partial charge in [-0.3, -0.25) is 0 Å². The van der Waals surface area contributed by atoms with Crippen molar-refractivity contribution in [2.24, 2.45) is 0 Å². The molecule has 0 saturated carbocycles. The first-order valence-corrected chi connectivity index (χ1v) is 7.35. The van der Waals surface area contributed by atoms with Gasteiger partial charge < -0.3 is 20.4 Å². The number of nitrogens with zero attached hydrogens (tertiary/aromatic N) is 3. The Morgan fingerprint density at radius 3 is 2.73 bits per heavy atom. The number of anilines is 2. The third kappa shape index (κ3) is 2.27. The Kier molecular flexibility index (Phi) is 3.16. The third-order valence-corrected chi connectivity index (χ3v) is 3.88. The van der Waals surface area contributed by atoms with Crippen molar-refractivity contribution in [2.75, 3.05) is 36.9 Å². The molecule has 4 rings (SSSR count). The third-order valence-electron chi connectivity index (χ3n) is 3.88. The molecule has 6 heteroatoms. The molecule has 6 nitrogen and oxygen atoms in total. The van der Waals surface area contributed by atoms with Crippen LogP contribution >= 0.6 is 0 Å². The second-order valence-corrected chi connectivity index (χ2v) is 5.31. The van der Waals surface area contributed by atoms with Crippen LogP contribution in [0.1, 0.15) is 0 Å². The van der Waals surface area contributed by atoms with Crippen molar-refractivity contribution in [3.63, 3.8) is 0 Å². The monoisotopic (exact) mass is 295 g/mol. The van der Waals surface area contributed by atoms with Crippen LogP contribution in [0.2, 0.25) is 0 Å². The molecule has 0 spiro atoms. The minimum atomic E-state index is 0.479. The second kappa shape index (κ2) is 5.31. The molecule has 3 aromatic rings. The van der Waals surface area contributed by atoms with E-state index >= 15 is 0 Å². The molecule has 0 aliphatic carbocycles. The molecule has 2 aromatic heterocycles. The molecule has 1 saturated heterocycles. The summed E-state index contributed by atoms with van der Waals surface area (Å²) in [5.41, 5.74) is 9.50. The summed E-state index contributed by atoms with van der Waals surface area (Å²) in [4.78, 5) is 14.5. The Morgan fingerprint density at radius 2 is 1.86 bits per heavy atom. The molecule has 3 N–H and O–H groups in total. The fourth-order valence-electron chi connectivity index (χ4n) is 2.79. The number of aromatic nitrogens is 3. The number of nitrogens with two attached hydrogens (primary N) is 1. The first-order chi connectivity index (χ1) is 10.8. The lowest BCUT2D eigenvalue weighted by atomic mass is 10.1. The topological polar surface area (TPSA) is 80.1 Å². The van der Waals surface area contributed by atoms with E-state index in [0.29, 0.717) is 11.5 Å². The standard InChI is InChI=1S/C16H17N5O/c17-14-6-5-12-16(19-14)20-15(18-12)11-3-1-2-4-13(11)21-7-9-22-10-8-21/h1-6H,7-10H2,(H3,17,18,19,20). The summed E-state index contributed by atoms with van der Waals surface area (Å²) in [6.07, 6.45) is 0. The van der Waals surface area contributed by atoms with Crippen LogP contribution in [0.3, 0.4) is 0 Å². The Morgan fingerprint density at radius 1 is 1.05 bits per heavy atom. The smallest absolute Gasteiger partial charge is 0.180 e. The van der Waals surface area contributed by atoms with Gasteiger partial charge in [0, 0.05) is 24.3 Å². The maximum absolute atomic E-state index is 5.73. The van der Waals surface area contributed by atoms with Gasteiger partial charge in [-0.25, -0.2) is 9.97 Å². The summed E-state index contributed by atoms with van der Waals surface area (Å²) >= 11 is 0. The Labute approximate surface area is 127 Å². The first kappa shape index (κ1) is 13.1. The zero-order valence-corrected chi connectivity index (χ0v) is 12.1. The molecule has 112 valence electrons. The normalized spacial score (nSPS) is 15.4. The summed E-state index contributed by atoms with van der Waals surface area (Å²) < 4.78 is 5.44. The summed E-state index contributed by atoms with van der Waals surface area (Å²) in [6, 6.07) is 12.0. The van der Waals surface area contributed by atoms with E-state index in [1.165, 1.54) is 0 Å². The number of fused-ring (bicyclic) bond motifs is 1. The Hall–Kier alpha value is -2.60. The van der Waals surface area contributed by atoms with Crippen LogP contribution in [-0.2, 0) is 4.74 Å². The number of benzene rings is 1. The quantitative estimate of drug-likeness (QED) is 0.756. The van der Waals surface area contributed by atoms with Crippen LogP contribution in [0.15, 0.2) is 36.4 Å². The van der Waals surface area contributed by atoms with E-state index in [9.17, 15) is 0 Å². The minimum absolute atomic E-state index is 0.479. The van der Waals surface area contributed by atoms with Crippen molar-refractivity contribution in [3.8, 4) is 11.4 Å². The number of hydrogen-bond donors (Lipinski definition) is 2. The fraction of sp³-hybridized carbons (Fsp3) is 0.250. The summed E-state index contributed by atoms with van der Waals surface area (Å²) in [5, 5.41) is 0. The lowest BCUT2D eigenvalue weighted by Crippen LogP contribution is -2.36. The molecular formula is C16H17N5O. The van der Waals surface area contributed by atoms with Gasteiger partial charge in [0.05, 0.1) is 18.7 Å². The highest BCUT2D eigenvalue weighted by Gasteiger charge is 2.17. The molecule has 0 unspecified atom stereocenters. The van der Waals surface area contributed by atoms with Crippen LogP contribution in [0.4, 0.5) is 11.5 Å². The van der Waals surface area contributed by atoms with Crippen molar-refractivity contribution in [3.05, 3.63) is 36.4 Å². The largest absolute Gasteiger partial charge is 0.384 e. The zero-order valence-electron chi connectivity index (χ0n) is 12.1. The van der Waals surface area contributed by atoms with Gasteiger partial charge in [-0.1, -0.05) is 12.1 Å². The van der Waals surface area contributed by atoms with Gasteiger partial charge in [0.1, 0.15) is 11.6 Å². The molecule has 0 radical (unpaired) electrons. The van der Waals surface area contributed by atoms with E-state index in [4.69, 9.17) is 10.5 Å². The van der Waals surface area contributed by atoms with E-state index in [1.807, 2.05) is 18.2 Å². The highest BCUT2D eigenvalue weighted by atomic mass is 16.5. The molecular weight excluding hydrogens is 278 g/mol.